The lowest BCUT2D eigenvalue weighted by Gasteiger charge is -2.48. The molecule has 3 fully saturated rings. The summed E-state index contributed by atoms with van der Waals surface area (Å²) in [4.78, 5) is 13.5. The molecule has 19 heteroatoms. The number of aliphatic hydroxyl groups excluding tert-OH is 11. The topological polar surface area (TPSA) is 307 Å². The van der Waals surface area contributed by atoms with E-state index in [2.05, 4.69) is 55.6 Å². The number of hydrogen-bond acceptors (Lipinski definition) is 18. The van der Waals surface area contributed by atoms with E-state index in [-0.39, 0.29) is 18.9 Å². The van der Waals surface area contributed by atoms with Crippen molar-refractivity contribution in [3.05, 3.63) is 48.6 Å². The van der Waals surface area contributed by atoms with Crippen molar-refractivity contribution in [1.29, 1.82) is 0 Å². The Morgan fingerprint density at radius 2 is 0.615 bits per heavy atom. The highest BCUT2D eigenvalue weighted by atomic mass is 16.8. The van der Waals surface area contributed by atoms with Gasteiger partial charge in [0.15, 0.2) is 18.9 Å². The Bertz CT molecular complexity index is 2060. The summed E-state index contributed by atoms with van der Waals surface area (Å²) < 4.78 is 34.5. The Morgan fingerprint density at radius 3 is 0.962 bits per heavy atom. The molecular formula is C85H157NO18. The van der Waals surface area contributed by atoms with Gasteiger partial charge in [0.2, 0.25) is 5.91 Å². The third kappa shape index (κ3) is 44.6. The Hall–Kier alpha value is -2.25. The normalized spacial score (nSPS) is 26.1. The van der Waals surface area contributed by atoms with Crippen LogP contribution in [-0.2, 0) is 33.2 Å². The number of carbonyl (C=O) groups is 1. The molecule has 0 saturated carbocycles. The van der Waals surface area contributed by atoms with Crippen molar-refractivity contribution in [3.8, 4) is 0 Å². The smallest absolute Gasteiger partial charge is 0.220 e. The van der Waals surface area contributed by atoms with Crippen molar-refractivity contribution >= 4 is 5.91 Å². The molecule has 3 aliphatic rings. The Kier molecular flexibility index (Phi) is 60.4. The number of nitrogens with one attached hydrogen (secondary N) is 1. The van der Waals surface area contributed by atoms with Crippen LogP contribution in [-0.4, -0.2) is 193 Å². The molecule has 0 spiro atoms. The fraction of sp³-hybridized carbons (Fsp3) is 0.894. The first kappa shape index (κ1) is 96.0. The van der Waals surface area contributed by atoms with Crippen molar-refractivity contribution in [2.45, 2.75) is 458 Å². The number of allylic oxidation sites excluding steroid dienone is 7. The van der Waals surface area contributed by atoms with E-state index >= 15 is 0 Å². The highest BCUT2D eigenvalue weighted by molar-refractivity contribution is 5.76. The lowest BCUT2D eigenvalue weighted by molar-refractivity contribution is -0.379. The number of hydrogen-bond donors (Lipinski definition) is 12. The molecule has 17 unspecified atom stereocenters. The summed E-state index contributed by atoms with van der Waals surface area (Å²) in [6.45, 7) is 1.76. The first-order valence-electron chi connectivity index (χ1n) is 42.9. The maximum atomic E-state index is 13.5. The third-order valence-electron chi connectivity index (χ3n) is 21.3. The SMILES string of the molecule is CCCCCCCCCC/C=C\CCCCCCCCCCCCCCCCCCCCCCCC(=O)NC(COC1OC(CO)C(OC2OC(CO)C(OC3OC(CO)C(O)C(O)C3O)C(O)C2O)C(O)C1O)C(O)/C=C/CC/C=C/CC/C=C/CCCCCCCCCCCCCCCCCC. The van der Waals surface area contributed by atoms with Gasteiger partial charge < -0.3 is 89.9 Å². The minimum atomic E-state index is -1.98. The molecule has 0 aromatic rings. The molecule has 3 saturated heterocycles. The second kappa shape index (κ2) is 65.5. The lowest BCUT2D eigenvalue weighted by atomic mass is 9.96. The summed E-state index contributed by atoms with van der Waals surface area (Å²) in [7, 11) is 0. The van der Waals surface area contributed by atoms with Crippen molar-refractivity contribution in [2.75, 3.05) is 26.4 Å². The average molecular weight is 1480 g/mol. The van der Waals surface area contributed by atoms with Gasteiger partial charge in [0.05, 0.1) is 38.6 Å². The summed E-state index contributed by atoms with van der Waals surface area (Å²) in [5.41, 5.74) is 0. The zero-order chi connectivity index (χ0) is 75.3. The van der Waals surface area contributed by atoms with Crippen LogP contribution >= 0.6 is 0 Å². The minimum Gasteiger partial charge on any atom is -0.394 e. The zero-order valence-corrected chi connectivity index (χ0v) is 65.5. The molecule has 3 heterocycles. The van der Waals surface area contributed by atoms with Gasteiger partial charge in [0, 0.05) is 6.42 Å². The van der Waals surface area contributed by atoms with Crippen LogP contribution in [0.2, 0.25) is 0 Å². The first-order chi connectivity index (χ1) is 50.8. The first-order valence-corrected chi connectivity index (χ1v) is 42.9. The number of rotatable bonds is 69. The summed E-state index contributed by atoms with van der Waals surface area (Å²) in [5, 5.41) is 121. The van der Waals surface area contributed by atoms with Gasteiger partial charge in [-0.05, 0) is 70.6 Å². The Morgan fingerprint density at radius 1 is 0.337 bits per heavy atom. The van der Waals surface area contributed by atoms with Crippen LogP contribution in [0.3, 0.4) is 0 Å². The van der Waals surface area contributed by atoms with Crippen molar-refractivity contribution in [1.82, 2.24) is 5.32 Å². The van der Waals surface area contributed by atoms with E-state index in [0.717, 1.165) is 44.9 Å². The van der Waals surface area contributed by atoms with Crippen LogP contribution in [0.25, 0.3) is 0 Å². The van der Waals surface area contributed by atoms with Crippen molar-refractivity contribution in [2.24, 2.45) is 0 Å². The van der Waals surface area contributed by atoms with Gasteiger partial charge in [-0.25, -0.2) is 0 Å². The van der Waals surface area contributed by atoms with E-state index < -0.39 is 124 Å². The Balaban J connectivity index is 1.36. The average Bonchev–Trinajstić information content (AvgIpc) is 0.783. The minimum absolute atomic E-state index is 0.235. The second-order valence-electron chi connectivity index (χ2n) is 30.6. The predicted octanol–water partition coefficient (Wildman–Crippen LogP) is 15.2. The predicted molar refractivity (Wildman–Crippen MR) is 416 cm³/mol. The summed E-state index contributed by atoms with van der Waals surface area (Å²) in [6, 6.07) is -0.998. The Labute approximate surface area is 631 Å². The number of aliphatic hydroxyl groups is 11. The molecule has 1 amide bonds. The molecule has 0 aromatic carbocycles. The van der Waals surface area contributed by atoms with Gasteiger partial charge in [-0.1, -0.05) is 326 Å². The molecule has 17 atom stereocenters. The molecule has 104 heavy (non-hydrogen) atoms. The summed E-state index contributed by atoms with van der Waals surface area (Å²) in [6.07, 6.45) is 56.9. The van der Waals surface area contributed by atoms with E-state index in [0.29, 0.717) is 12.8 Å². The van der Waals surface area contributed by atoms with Gasteiger partial charge in [-0.15, -0.1) is 0 Å². The van der Waals surface area contributed by atoms with Gasteiger partial charge in [0.25, 0.3) is 0 Å². The van der Waals surface area contributed by atoms with Crippen molar-refractivity contribution in [3.63, 3.8) is 0 Å². The highest BCUT2D eigenvalue weighted by Gasteiger charge is 2.54. The fourth-order valence-corrected chi connectivity index (χ4v) is 14.5. The van der Waals surface area contributed by atoms with E-state index in [4.69, 9.17) is 28.4 Å². The zero-order valence-electron chi connectivity index (χ0n) is 65.5. The molecular weight excluding hydrogens is 1320 g/mol. The quantitative estimate of drug-likeness (QED) is 0.0199. The van der Waals surface area contributed by atoms with Crippen LogP contribution in [0, 0.1) is 0 Å². The maximum absolute atomic E-state index is 13.5. The number of amides is 1. The van der Waals surface area contributed by atoms with E-state index in [1.807, 2.05) is 6.08 Å². The molecule has 19 nitrogen and oxygen atoms in total. The molecule has 0 radical (unpaired) electrons. The molecule has 3 aliphatic heterocycles. The van der Waals surface area contributed by atoms with Gasteiger partial charge in [-0.3, -0.25) is 4.79 Å². The maximum Gasteiger partial charge on any atom is 0.220 e. The second-order valence-corrected chi connectivity index (χ2v) is 30.6. The third-order valence-corrected chi connectivity index (χ3v) is 21.3. The van der Waals surface area contributed by atoms with E-state index in [1.54, 1.807) is 6.08 Å². The van der Waals surface area contributed by atoms with E-state index in [9.17, 15) is 61.0 Å². The lowest BCUT2D eigenvalue weighted by Crippen LogP contribution is -2.66. The number of unbranched alkanes of at least 4 members (excludes halogenated alkanes) is 47. The van der Waals surface area contributed by atoms with Gasteiger partial charge in [0.1, 0.15) is 73.2 Å². The standard InChI is InChI=1S/C85H157NO18/c1-3-5-7-9-11-13-15-17-19-21-23-25-27-29-31-32-33-34-35-36-37-39-41-43-45-47-49-51-53-55-57-59-61-63-73(91)86-68(69(90)62-60-58-56-54-52-50-48-46-44-42-40-38-30-28-26-24-22-20-18-16-14-12-10-8-6-4-2)67-99-83-79(97)76(94)81(71(65-88)101-83)104-85-80(98)77(95)82(72(66-89)102-85)103-84-78(96)75(93)74(92)70(64-87)100-84/h21,23,44,46,52,54,60,62,68-72,74-85,87-90,92-98H,3-20,22,24-43,45,47-51,53,55-59,61,63-67H2,1-2H3,(H,86,91)/b23-21-,46-44+,54-52+,62-60+. The summed E-state index contributed by atoms with van der Waals surface area (Å²) >= 11 is 0. The fourth-order valence-electron chi connectivity index (χ4n) is 14.5. The van der Waals surface area contributed by atoms with Crippen LogP contribution in [0.5, 0.6) is 0 Å². The highest BCUT2D eigenvalue weighted by Crippen LogP contribution is 2.33. The van der Waals surface area contributed by atoms with Gasteiger partial charge >= 0.3 is 0 Å². The number of ether oxygens (including phenoxy) is 6. The van der Waals surface area contributed by atoms with Crippen LogP contribution in [0.15, 0.2) is 48.6 Å². The van der Waals surface area contributed by atoms with Crippen LogP contribution < -0.4 is 5.32 Å². The molecule has 610 valence electrons. The monoisotopic (exact) mass is 1480 g/mol. The number of carbonyl (C=O) groups excluding carboxylic acids is 1. The molecule has 0 aromatic heterocycles. The molecule has 0 aliphatic carbocycles. The molecule has 12 N–H and O–H groups in total. The van der Waals surface area contributed by atoms with Gasteiger partial charge in [-0.2, -0.15) is 0 Å². The molecule has 3 rings (SSSR count). The summed E-state index contributed by atoms with van der Waals surface area (Å²) in [5.74, 6) is -0.283. The largest absolute Gasteiger partial charge is 0.394 e. The molecule has 0 bridgehead atoms. The van der Waals surface area contributed by atoms with Crippen LogP contribution in [0.4, 0.5) is 0 Å². The van der Waals surface area contributed by atoms with E-state index in [1.165, 1.54) is 276 Å². The van der Waals surface area contributed by atoms with Crippen molar-refractivity contribution < 1.29 is 89.4 Å². The van der Waals surface area contributed by atoms with Crippen LogP contribution in [0.1, 0.15) is 354 Å².